The average Bonchev–Trinajstić information content (AvgIpc) is 3.01. The summed E-state index contributed by atoms with van der Waals surface area (Å²) in [5.74, 6) is 1.29. The summed E-state index contributed by atoms with van der Waals surface area (Å²) >= 11 is 6.11. The summed E-state index contributed by atoms with van der Waals surface area (Å²) in [7, 11) is 1.68. The van der Waals surface area contributed by atoms with E-state index in [1.54, 1.807) is 7.11 Å². The van der Waals surface area contributed by atoms with E-state index in [4.69, 9.17) is 16.3 Å². The third-order valence-corrected chi connectivity index (χ3v) is 6.22. The van der Waals surface area contributed by atoms with Crippen LogP contribution in [0.1, 0.15) is 37.4 Å². The van der Waals surface area contributed by atoms with Gasteiger partial charge in [0.2, 0.25) is 0 Å². The van der Waals surface area contributed by atoms with Crippen molar-refractivity contribution in [1.82, 2.24) is 10.2 Å². The molecule has 5 heteroatoms. The van der Waals surface area contributed by atoms with Gasteiger partial charge >= 0.3 is 0 Å². The molecular weight excluding hydrogens is 372 g/mol. The van der Waals surface area contributed by atoms with Crippen LogP contribution in [0.3, 0.4) is 0 Å². The molecule has 0 unspecified atom stereocenters. The number of likely N-dealkylation sites (N-methyl/N-ethyl adjacent to an activating group) is 1. The molecule has 3 rings (SSSR count). The topological polar surface area (TPSA) is 44.7 Å². The van der Waals surface area contributed by atoms with Gasteiger partial charge in [0.1, 0.15) is 5.75 Å². The van der Waals surface area contributed by atoms with Gasteiger partial charge in [0.25, 0.3) is 0 Å². The number of nitrogens with one attached hydrogen (secondary N) is 1. The minimum absolute atomic E-state index is 0.167. The van der Waals surface area contributed by atoms with E-state index < -0.39 is 0 Å². The second kappa shape index (κ2) is 9.27. The van der Waals surface area contributed by atoms with Gasteiger partial charge in [-0.15, -0.1) is 0 Å². The summed E-state index contributed by atoms with van der Waals surface area (Å²) in [4.78, 5) is 2.44. The first-order chi connectivity index (χ1) is 13.5. The molecule has 1 aliphatic heterocycles. The number of benzene rings is 2. The van der Waals surface area contributed by atoms with Crippen molar-refractivity contribution in [3.8, 4) is 5.75 Å². The molecule has 3 atom stereocenters. The Morgan fingerprint density at radius 1 is 1.18 bits per heavy atom. The van der Waals surface area contributed by atoms with Crippen molar-refractivity contribution in [2.24, 2.45) is 5.92 Å². The molecule has 2 aromatic rings. The van der Waals surface area contributed by atoms with Crippen molar-refractivity contribution in [2.75, 3.05) is 26.8 Å². The molecule has 2 N–H and O–H groups in total. The predicted octanol–water partition coefficient (Wildman–Crippen LogP) is 4.27. The van der Waals surface area contributed by atoms with Crippen LogP contribution in [-0.4, -0.2) is 42.4 Å². The van der Waals surface area contributed by atoms with Crippen molar-refractivity contribution in [2.45, 2.75) is 38.4 Å². The van der Waals surface area contributed by atoms with Gasteiger partial charge < -0.3 is 15.2 Å². The third-order valence-electron chi connectivity index (χ3n) is 5.97. The zero-order chi connectivity index (χ0) is 20.1. The highest BCUT2D eigenvalue weighted by Crippen LogP contribution is 2.46. The van der Waals surface area contributed by atoms with E-state index in [1.807, 2.05) is 24.3 Å². The summed E-state index contributed by atoms with van der Waals surface area (Å²) in [5.41, 5.74) is 2.30. The second-order valence-electron chi connectivity index (χ2n) is 7.88. The fourth-order valence-corrected chi connectivity index (χ4v) is 4.68. The van der Waals surface area contributed by atoms with Crippen molar-refractivity contribution >= 4 is 11.6 Å². The molecular formula is C23H31ClN2O2. The molecule has 1 aliphatic rings. The van der Waals surface area contributed by atoms with Gasteiger partial charge in [0, 0.05) is 29.7 Å². The van der Waals surface area contributed by atoms with Crippen LogP contribution in [0.4, 0.5) is 0 Å². The van der Waals surface area contributed by atoms with E-state index in [0.29, 0.717) is 5.92 Å². The zero-order valence-electron chi connectivity index (χ0n) is 17.0. The number of ether oxygens (including phenoxy) is 1. The Balaban J connectivity index is 1.73. The van der Waals surface area contributed by atoms with Crippen molar-refractivity contribution in [1.29, 1.82) is 0 Å². The van der Waals surface area contributed by atoms with Gasteiger partial charge in [-0.25, -0.2) is 0 Å². The molecule has 0 bridgehead atoms. The molecule has 1 heterocycles. The van der Waals surface area contributed by atoms with Gasteiger partial charge in [-0.05, 0) is 61.2 Å². The Bertz CT molecular complexity index is 750. The molecule has 0 aliphatic carbocycles. The number of rotatable bonds is 8. The quantitative estimate of drug-likeness (QED) is 0.692. The van der Waals surface area contributed by atoms with Crippen molar-refractivity contribution in [3.05, 3.63) is 64.7 Å². The monoisotopic (exact) mass is 402 g/mol. The summed E-state index contributed by atoms with van der Waals surface area (Å²) in [5, 5.41) is 14.5. The van der Waals surface area contributed by atoms with Crippen LogP contribution < -0.4 is 10.1 Å². The van der Waals surface area contributed by atoms with Gasteiger partial charge in [-0.2, -0.15) is 0 Å². The molecule has 28 heavy (non-hydrogen) atoms. The number of hydrogen-bond acceptors (Lipinski definition) is 4. The summed E-state index contributed by atoms with van der Waals surface area (Å²) < 4.78 is 5.23. The molecule has 1 saturated heterocycles. The van der Waals surface area contributed by atoms with Crippen LogP contribution in [0.15, 0.2) is 48.5 Å². The number of nitrogens with zero attached hydrogens (tertiary/aromatic N) is 1. The lowest BCUT2D eigenvalue weighted by Gasteiger charge is -2.37. The average molecular weight is 403 g/mol. The maximum atomic E-state index is 10.1. The number of methoxy groups -OCH3 is 1. The van der Waals surface area contributed by atoms with Gasteiger partial charge in [0.15, 0.2) is 0 Å². The fourth-order valence-electron chi connectivity index (χ4n) is 4.56. The molecule has 152 valence electrons. The molecule has 2 aromatic carbocycles. The van der Waals surface area contributed by atoms with Crippen molar-refractivity contribution < 1.29 is 9.84 Å². The molecule has 1 fully saturated rings. The highest BCUT2D eigenvalue weighted by atomic mass is 35.5. The van der Waals surface area contributed by atoms with Crippen LogP contribution in [0.25, 0.3) is 0 Å². The van der Waals surface area contributed by atoms with E-state index in [9.17, 15) is 5.11 Å². The highest BCUT2D eigenvalue weighted by Gasteiger charge is 2.47. The molecule has 0 amide bonds. The minimum atomic E-state index is -0.203. The predicted molar refractivity (Wildman–Crippen MR) is 115 cm³/mol. The molecule has 4 nitrogen and oxygen atoms in total. The highest BCUT2D eigenvalue weighted by molar-refractivity contribution is 6.30. The Morgan fingerprint density at radius 3 is 2.43 bits per heavy atom. The standard InChI is InChI=1S/C23H31ClN2O2/c1-4-26-22(18-7-9-20(24)10-8-18)19(13-23(26,2)16-27)15-25-14-17-5-11-21(28-3)12-6-17/h5-12,19,22,25,27H,4,13-16H2,1-3H3/t19-,22+,23+/m0/s1. The number of aliphatic hydroxyl groups is 1. The zero-order valence-corrected chi connectivity index (χ0v) is 17.7. The normalized spacial score (nSPS) is 25.2. The van der Waals surface area contributed by atoms with E-state index in [2.05, 4.69) is 48.3 Å². The Kier molecular flexibility index (Phi) is 7.00. The van der Waals surface area contributed by atoms with Crippen LogP contribution >= 0.6 is 11.6 Å². The number of aliphatic hydroxyl groups excluding tert-OH is 1. The number of likely N-dealkylation sites (tertiary alicyclic amines) is 1. The van der Waals surface area contributed by atoms with Crippen molar-refractivity contribution in [3.63, 3.8) is 0 Å². The Morgan fingerprint density at radius 2 is 1.86 bits per heavy atom. The summed E-state index contributed by atoms with van der Waals surface area (Å²) in [6.45, 7) is 7.12. The van der Waals surface area contributed by atoms with Gasteiger partial charge in [-0.1, -0.05) is 42.8 Å². The maximum absolute atomic E-state index is 10.1. The molecule has 0 aromatic heterocycles. The van der Waals surface area contributed by atoms with E-state index in [-0.39, 0.29) is 18.2 Å². The molecule has 0 radical (unpaired) electrons. The van der Waals surface area contributed by atoms with Crippen LogP contribution in [0, 0.1) is 5.92 Å². The molecule has 0 saturated carbocycles. The van der Waals surface area contributed by atoms with Crippen LogP contribution in [-0.2, 0) is 6.54 Å². The second-order valence-corrected chi connectivity index (χ2v) is 8.32. The first-order valence-corrected chi connectivity index (χ1v) is 10.3. The summed E-state index contributed by atoms with van der Waals surface area (Å²) in [6, 6.07) is 16.6. The lowest BCUT2D eigenvalue weighted by molar-refractivity contribution is 0.0579. The fraction of sp³-hybridized carbons (Fsp3) is 0.478. The van der Waals surface area contributed by atoms with E-state index in [0.717, 1.165) is 36.8 Å². The number of halogens is 1. The lowest BCUT2D eigenvalue weighted by Crippen LogP contribution is -2.45. The first kappa shape index (κ1) is 21.1. The largest absolute Gasteiger partial charge is 0.497 e. The Hall–Kier alpha value is -1.59. The van der Waals surface area contributed by atoms with Crippen LogP contribution in [0.5, 0.6) is 5.75 Å². The lowest BCUT2D eigenvalue weighted by atomic mass is 9.90. The van der Waals surface area contributed by atoms with Gasteiger partial charge in [-0.3, -0.25) is 4.90 Å². The maximum Gasteiger partial charge on any atom is 0.118 e. The van der Waals surface area contributed by atoms with Gasteiger partial charge in [0.05, 0.1) is 13.7 Å². The van der Waals surface area contributed by atoms with E-state index >= 15 is 0 Å². The first-order valence-electron chi connectivity index (χ1n) is 9.97. The Labute approximate surface area is 173 Å². The summed E-state index contributed by atoms with van der Waals surface area (Å²) in [6.07, 6.45) is 0.959. The minimum Gasteiger partial charge on any atom is -0.497 e. The SMILES string of the molecule is CCN1[C@H](c2ccc(Cl)cc2)[C@H](CNCc2ccc(OC)cc2)C[C@]1(C)CO. The number of hydrogen-bond donors (Lipinski definition) is 2. The van der Waals surface area contributed by atoms with Crippen LogP contribution in [0.2, 0.25) is 5.02 Å². The molecule has 0 spiro atoms. The third kappa shape index (κ3) is 4.52. The smallest absolute Gasteiger partial charge is 0.118 e. The van der Waals surface area contributed by atoms with E-state index in [1.165, 1.54) is 11.1 Å².